The highest BCUT2D eigenvalue weighted by molar-refractivity contribution is 5.80. The molecular formula is C26H40O. The van der Waals surface area contributed by atoms with Crippen LogP contribution >= 0.6 is 0 Å². The molecule has 2 aliphatic carbocycles. The number of ketones is 1. The van der Waals surface area contributed by atoms with E-state index in [1.807, 2.05) is 0 Å². The Morgan fingerprint density at radius 1 is 0.963 bits per heavy atom. The number of carbonyl (C=O) groups excluding carboxylic acids is 1. The lowest BCUT2D eigenvalue weighted by atomic mass is 9.64. The van der Waals surface area contributed by atoms with Crippen LogP contribution in [0.2, 0.25) is 0 Å². The molecule has 1 aromatic carbocycles. The standard InChI is InChI=1S/C26H40O/c1-20(19-22-11-4-3-5-12-22)21(2)26(27)18-9-7-14-24-16-10-15-23-13-6-8-17-25(23)24/h3-5,11-12,20-21,23-25H,6-10,13-19H2,1-2H3. The Bertz CT molecular complexity index is 561. The van der Waals surface area contributed by atoms with E-state index >= 15 is 0 Å². The van der Waals surface area contributed by atoms with E-state index in [9.17, 15) is 4.79 Å². The molecule has 1 aromatic rings. The van der Waals surface area contributed by atoms with Gasteiger partial charge < -0.3 is 0 Å². The molecular weight excluding hydrogens is 328 g/mol. The van der Waals surface area contributed by atoms with Gasteiger partial charge in [0.1, 0.15) is 5.78 Å². The normalized spacial score (nSPS) is 27.6. The zero-order valence-electron chi connectivity index (χ0n) is 17.7. The Morgan fingerprint density at radius 2 is 1.70 bits per heavy atom. The molecule has 0 spiro atoms. The zero-order valence-corrected chi connectivity index (χ0v) is 17.7. The molecule has 2 fully saturated rings. The van der Waals surface area contributed by atoms with Gasteiger partial charge in [-0.05, 0) is 48.5 Å². The van der Waals surface area contributed by atoms with Crippen molar-refractivity contribution in [3.05, 3.63) is 35.9 Å². The smallest absolute Gasteiger partial charge is 0.135 e. The number of rotatable bonds is 9. The Hall–Kier alpha value is -1.11. The lowest BCUT2D eigenvalue weighted by molar-refractivity contribution is -0.123. The second-order valence-corrected chi connectivity index (χ2v) is 9.57. The maximum absolute atomic E-state index is 12.7. The predicted octanol–water partition coefficient (Wildman–Crippen LogP) is 7.24. The Balaban J connectivity index is 1.36. The van der Waals surface area contributed by atoms with Gasteiger partial charge in [0.15, 0.2) is 0 Å². The van der Waals surface area contributed by atoms with Crippen LogP contribution in [-0.2, 0) is 11.2 Å². The van der Waals surface area contributed by atoms with Crippen LogP contribution in [0.25, 0.3) is 0 Å². The summed E-state index contributed by atoms with van der Waals surface area (Å²) in [6, 6.07) is 10.6. The van der Waals surface area contributed by atoms with E-state index in [0.29, 0.717) is 11.7 Å². The highest BCUT2D eigenvalue weighted by Gasteiger charge is 2.34. The maximum atomic E-state index is 12.7. The summed E-state index contributed by atoms with van der Waals surface area (Å²) < 4.78 is 0. The topological polar surface area (TPSA) is 17.1 Å². The van der Waals surface area contributed by atoms with E-state index in [1.54, 1.807) is 0 Å². The number of hydrogen-bond donors (Lipinski definition) is 0. The fraction of sp³-hybridized carbons (Fsp3) is 0.731. The molecule has 0 amide bonds. The molecule has 0 heterocycles. The van der Waals surface area contributed by atoms with Crippen molar-refractivity contribution in [3.8, 4) is 0 Å². The first-order valence-corrected chi connectivity index (χ1v) is 11.7. The van der Waals surface area contributed by atoms with Gasteiger partial charge in [-0.3, -0.25) is 4.79 Å². The van der Waals surface area contributed by atoms with Crippen LogP contribution in [0.3, 0.4) is 0 Å². The van der Waals surface area contributed by atoms with E-state index in [2.05, 4.69) is 44.2 Å². The molecule has 2 saturated carbocycles. The van der Waals surface area contributed by atoms with Crippen LogP contribution in [0.5, 0.6) is 0 Å². The summed E-state index contributed by atoms with van der Waals surface area (Å²) in [5.74, 6) is 4.13. The number of benzene rings is 1. The summed E-state index contributed by atoms with van der Waals surface area (Å²) in [5, 5.41) is 0. The molecule has 0 N–H and O–H groups in total. The van der Waals surface area contributed by atoms with Crippen molar-refractivity contribution in [2.24, 2.45) is 29.6 Å². The average molecular weight is 369 g/mol. The second-order valence-electron chi connectivity index (χ2n) is 9.57. The first-order valence-electron chi connectivity index (χ1n) is 11.7. The number of hydrogen-bond acceptors (Lipinski definition) is 1. The second kappa shape index (κ2) is 10.4. The summed E-state index contributed by atoms with van der Waals surface area (Å²) in [4.78, 5) is 12.7. The van der Waals surface area contributed by atoms with Gasteiger partial charge in [-0.15, -0.1) is 0 Å². The molecule has 150 valence electrons. The van der Waals surface area contributed by atoms with Crippen molar-refractivity contribution in [1.82, 2.24) is 0 Å². The van der Waals surface area contributed by atoms with Gasteiger partial charge in [0.25, 0.3) is 0 Å². The van der Waals surface area contributed by atoms with Crippen molar-refractivity contribution in [3.63, 3.8) is 0 Å². The van der Waals surface area contributed by atoms with Gasteiger partial charge in [-0.25, -0.2) is 0 Å². The summed E-state index contributed by atoms with van der Waals surface area (Å²) in [5.41, 5.74) is 1.35. The van der Waals surface area contributed by atoms with Crippen molar-refractivity contribution >= 4 is 5.78 Å². The fourth-order valence-electron chi connectivity index (χ4n) is 5.84. The van der Waals surface area contributed by atoms with E-state index in [0.717, 1.165) is 37.0 Å². The molecule has 0 aliphatic heterocycles. The van der Waals surface area contributed by atoms with Crippen LogP contribution in [0.1, 0.15) is 90.0 Å². The number of fused-ring (bicyclic) bond motifs is 1. The Morgan fingerprint density at radius 3 is 2.52 bits per heavy atom. The fourth-order valence-corrected chi connectivity index (χ4v) is 5.84. The van der Waals surface area contributed by atoms with E-state index in [1.165, 1.54) is 63.4 Å². The summed E-state index contributed by atoms with van der Waals surface area (Å²) in [7, 11) is 0. The summed E-state index contributed by atoms with van der Waals surface area (Å²) in [6.07, 6.45) is 15.9. The lowest BCUT2D eigenvalue weighted by Gasteiger charge is -2.41. The third kappa shape index (κ3) is 5.93. The van der Waals surface area contributed by atoms with E-state index in [4.69, 9.17) is 0 Å². The van der Waals surface area contributed by atoms with Crippen molar-refractivity contribution < 1.29 is 4.79 Å². The first kappa shape index (κ1) is 20.6. The molecule has 0 bridgehead atoms. The van der Waals surface area contributed by atoms with Gasteiger partial charge >= 0.3 is 0 Å². The summed E-state index contributed by atoms with van der Waals surface area (Å²) in [6.45, 7) is 4.38. The SMILES string of the molecule is CC(Cc1ccccc1)C(C)C(=O)CCCCC1CCCC2CCCCC12. The molecule has 3 rings (SSSR count). The van der Waals surface area contributed by atoms with Crippen molar-refractivity contribution in [2.75, 3.05) is 0 Å². The minimum atomic E-state index is 0.183. The third-order valence-corrected chi connectivity index (χ3v) is 7.73. The monoisotopic (exact) mass is 368 g/mol. The maximum Gasteiger partial charge on any atom is 0.135 e. The van der Waals surface area contributed by atoms with Gasteiger partial charge in [-0.2, -0.15) is 0 Å². The number of unbranched alkanes of at least 4 members (excludes halogenated alkanes) is 1. The third-order valence-electron chi connectivity index (χ3n) is 7.73. The zero-order chi connectivity index (χ0) is 19.1. The predicted molar refractivity (Wildman–Crippen MR) is 115 cm³/mol. The quantitative estimate of drug-likeness (QED) is 0.420. The molecule has 1 heteroatoms. The molecule has 5 unspecified atom stereocenters. The summed E-state index contributed by atoms with van der Waals surface area (Å²) >= 11 is 0. The molecule has 2 aliphatic rings. The molecule has 1 nitrogen and oxygen atoms in total. The van der Waals surface area contributed by atoms with E-state index in [-0.39, 0.29) is 5.92 Å². The molecule has 27 heavy (non-hydrogen) atoms. The first-order chi connectivity index (χ1) is 13.1. The van der Waals surface area contributed by atoms with Crippen LogP contribution in [0, 0.1) is 29.6 Å². The van der Waals surface area contributed by atoms with Gasteiger partial charge in [0.2, 0.25) is 0 Å². The van der Waals surface area contributed by atoms with Crippen LogP contribution in [0.4, 0.5) is 0 Å². The van der Waals surface area contributed by atoms with Crippen molar-refractivity contribution in [1.29, 1.82) is 0 Å². The highest BCUT2D eigenvalue weighted by atomic mass is 16.1. The molecule has 0 radical (unpaired) electrons. The Labute approximate surface area is 167 Å². The Kier molecular flexibility index (Phi) is 7.97. The number of carbonyl (C=O) groups is 1. The van der Waals surface area contributed by atoms with Gasteiger partial charge in [0.05, 0.1) is 0 Å². The average Bonchev–Trinajstić information content (AvgIpc) is 2.71. The minimum Gasteiger partial charge on any atom is -0.299 e. The molecule has 0 aromatic heterocycles. The van der Waals surface area contributed by atoms with Crippen LogP contribution in [-0.4, -0.2) is 5.78 Å². The van der Waals surface area contributed by atoms with Gasteiger partial charge in [0, 0.05) is 12.3 Å². The highest BCUT2D eigenvalue weighted by Crippen LogP contribution is 2.45. The molecule has 0 saturated heterocycles. The largest absolute Gasteiger partial charge is 0.299 e. The number of Topliss-reactive ketones (excluding diaryl/α,β-unsaturated/α-hetero) is 1. The molecule has 5 atom stereocenters. The van der Waals surface area contributed by atoms with E-state index < -0.39 is 0 Å². The van der Waals surface area contributed by atoms with Crippen LogP contribution < -0.4 is 0 Å². The van der Waals surface area contributed by atoms with Crippen molar-refractivity contribution in [2.45, 2.75) is 90.9 Å². The van der Waals surface area contributed by atoms with Gasteiger partial charge in [-0.1, -0.05) is 95.5 Å². The van der Waals surface area contributed by atoms with Crippen LogP contribution in [0.15, 0.2) is 30.3 Å². The minimum absolute atomic E-state index is 0.183. The lowest BCUT2D eigenvalue weighted by Crippen LogP contribution is -2.31.